The molecule has 0 spiro atoms. The van der Waals surface area contributed by atoms with E-state index in [-0.39, 0.29) is 12.0 Å². The van der Waals surface area contributed by atoms with Crippen molar-refractivity contribution < 1.29 is 8.78 Å². The molecule has 0 atom stereocenters. The average Bonchev–Trinajstić information content (AvgIpc) is 1.98. The minimum Gasteiger partial charge on any atom is -0.309 e. The number of halogens is 2. The Morgan fingerprint density at radius 2 is 2.07 bits per heavy atom. The van der Waals surface area contributed by atoms with E-state index in [1.807, 2.05) is 0 Å². The first-order valence-corrected chi connectivity index (χ1v) is 5.14. The predicted molar refractivity (Wildman–Crippen MR) is 53.8 cm³/mol. The second kappa shape index (κ2) is 4.11. The van der Waals surface area contributed by atoms with Crippen LogP contribution in [0.15, 0.2) is 0 Å². The second-order valence-electron chi connectivity index (χ2n) is 4.91. The molecular formula is C10H20F2N2. The Morgan fingerprint density at radius 1 is 1.43 bits per heavy atom. The van der Waals surface area contributed by atoms with Gasteiger partial charge in [0, 0.05) is 38.1 Å². The molecule has 0 saturated carbocycles. The highest BCUT2D eigenvalue weighted by Gasteiger charge is 2.28. The molecule has 0 aromatic rings. The molecular weight excluding hydrogens is 186 g/mol. The van der Waals surface area contributed by atoms with Crippen molar-refractivity contribution in [2.75, 3.05) is 26.2 Å². The van der Waals surface area contributed by atoms with E-state index < -0.39 is 5.92 Å². The Balaban J connectivity index is 2.32. The van der Waals surface area contributed by atoms with Gasteiger partial charge in [0.25, 0.3) is 0 Å². The third-order valence-corrected chi connectivity index (χ3v) is 2.52. The molecule has 1 aliphatic heterocycles. The van der Waals surface area contributed by atoms with Crippen LogP contribution in [-0.4, -0.2) is 42.5 Å². The van der Waals surface area contributed by atoms with Crippen LogP contribution < -0.4 is 5.32 Å². The summed E-state index contributed by atoms with van der Waals surface area (Å²) in [6.07, 6.45) is -0.0386. The van der Waals surface area contributed by atoms with Crippen LogP contribution in [0.25, 0.3) is 0 Å². The smallest absolute Gasteiger partial charge is 0.246 e. The lowest BCUT2D eigenvalue weighted by Gasteiger charge is -2.39. The fourth-order valence-corrected chi connectivity index (χ4v) is 1.79. The first kappa shape index (κ1) is 11.9. The van der Waals surface area contributed by atoms with E-state index in [9.17, 15) is 8.78 Å². The summed E-state index contributed by atoms with van der Waals surface area (Å²) in [4.78, 5) is 2.11. The zero-order valence-electron chi connectivity index (χ0n) is 9.24. The van der Waals surface area contributed by atoms with E-state index in [0.29, 0.717) is 6.54 Å². The quantitative estimate of drug-likeness (QED) is 0.756. The van der Waals surface area contributed by atoms with Crippen LogP contribution in [0.1, 0.15) is 27.2 Å². The number of alkyl halides is 2. The van der Waals surface area contributed by atoms with Crippen molar-refractivity contribution in [3.63, 3.8) is 0 Å². The van der Waals surface area contributed by atoms with Gasteiger partial charge in [-0.1, -0.05) is 0 Å². The molecule has 84 valence electrons. The minimum atomic E-state index is -2.53. The summed E-state index contributed by atoms with van der Waals surface area (Å²) in [6, 6.07) is 0. The summed E-state index contributed by atoms with van der Waals surface area (Å²) in [7, 11) is 0. The number of hydrogen-bond acceptors (Lipinski definition) is 2. The Bertz CT molecular complexity index is 187. The summed E-state index contributed by atoms with van der Waals surface area (Å²) < 4.78 is 25.3. The van der Waals surface area contributed by atoms with Crippen LogP contribution >= 0.6 is 0 Å². The zero-order valence-corrected chi connectivity index (χ0v) is 9.24. The highest BCUT2D eigenvalue weighted by Crippen LogP contribution is 2.18. The van der Waals surface area contributed by atoms with Crippen LogP contribution in [0.3, 0.4) is 0 Å². The van der Waals surface area contributed by atoms with Crippen LogP contribution in [0.4, 0.5) is 8.78 Å². The molecule has 14 heavy (non-hydrogen) atoms. The summed E-state index contributed by atoms with van der Waals surface area (Å²) in [5, 5.41) is 3.36. The van der Waals surface area contributed by atoms with Gasteiger partial charge in [0.05, 0.1) is 0 Å². The van der Waals surface area contributed by atoms with Gasteiger partial charge < -0.3 is 10.2 Å². The first-order chi connectivity index (χ1) is 6.29. The highest BCUT2D eigenvalue weighted by atomic mass is 19.3. The van der Waals surface area contributed by atoms with Crippen molar-refractivity contribution >= 4 is 0 Å². The largest absolute Gasteiger partial charge is 0.309 e. The third kappa shape index (κ3) is 4.33. The molecule has 1 aliphatic rings. The topological polar surface area (TPSA) is 15.3 Å². The molecule has 0 bridgehead atoms. The molecule has 0 aliphatic carbocycles. The van der Waals surface area contributed by atoms with Gasteiger partial charge in [0.2, 0.25) is 5.92 Å². The maximum atomic E-state index is 12.6. The second-order valence-corrected chi connectivity index (χ2v) is 4.91. The van der Waals surface area contributed by atoms with Crippen molar-refractivity contribution in [2.24, 2.45) is 0 Å². The lowest BCUT2D eigenvalue weighted by atomic mass is 10.0. The van der Waals surface area contributed by atoms with Crippen LogP contribution in [-0.2, 0) is 0 Å². The van der Waals surface area contributed by atoms with Gasteiger partial charge in [-0.15, -0.1) is 0 Å². The van der Waals surface area contributed by atoms with Crippen LogP contribution in [0.2, 0.25) is 0 Å². The maximum absolute atomic E-state index is 12.6. The minimum absolute atomic E-state index is 0.0386. The zero-order chi connectivity index (χ0) is 10.8. The van der Waals surface area contributed by atoms with Gasteiger partial charge in [-0.25, -0.2) is 8.78 Å². The van der Waals surface area contributed by atoms with Crippen molar-refractivity contribution in [1.29, 1.82) is 0 Å². The Hall–Kier alpha value is -0.220. The molecule has 0 radical (unpaired) electrons. The normalized spacial score (nSPS) is 23.8. The van der Waals surface area contributed by atoms with Crippen molar-refractivity contribution in [3.05, 3.63) is 0 Å². The predicted octanol–water partition coefficient (Wildman–Crippen LogP) is 1.72. The average molecular weight is 206 g/mol. The number of nitrogens with zero attached hydrogens (tertiary/aromatic N) is 1. The summed E-state index contributed by atoms with van der Waals surface area (Å²) in [6.45, 7) is 8.30. The number of piperazine rings is 1. The fourth-order valence-electron chi connectivity index (χ4n) is 1.79. The van der Waals surface area contributed by atoms with E-state index in [2.05, 4.69) is 24.1 Å². The van der Waals surface area contributed by atoms with Crippen molar-refractivity contribution in [3.8, 4) is 0 Å². The molecule has 1 saturated heterocycles. The van der Waals surface area contributed by atoms with Crippen LogP contribution in [0, 0.1) is 0 Å². The molecule has 1 rings (SSSR count). The maximum Gasteiger partial charge on any atom is 0.246 e. The molecule has 1 heterocycles. The molecule has 1 fully saturated rings. The number of nitrogens with one attached hydrogen (secondary N) is 1. The van der Waals surface area contributed by atoms with E-state index in [0.717, 1.165) is 26.6 Å². The highest BCUT2D eigenvalue weighted by molar-refractivity contribution is 4.86. The van der Waals surface area contributed by atoms with Gasteiger partial charge in [-0.05, 0) is 20.8 Å². The summed E-state index contributed by atoms with van der Waals surface area (Å²) in [5.74, 6) is -2.53. The SMILES string of the molecule is CC(F)(F)CCN1CCNC(C)(C)C1. The van der Waals surface area contributed by atoms with E-state index in [1.165, 1.54) is 0 Å². The Morgan fingerprint density at radius 3 is 2.57 bits per heavy atom. The van der Waals surface area contributed by atoms with Gasteiger partial charge >= 0.3 is 0 Å². The lowest BCUT2D eigenvalue weighted by molar-refractivity contribution is -0.00140. The van der Waals surface area contributed by atoms with Crippen LogP contribution in [0.5, 0.6) is 0 Å². The van der Waals surface area contributed by atoms with Gasteiger partial charge in [-0.3, -0.25) is 0 Å². The summed E-state index contributed by atoms with van der Waals surface area (Å²) >= 11 is 0. The van der Waals surface area contributed by atoms with Gasteiger partial charge in [0.1, 0.15) is 0 Å². The number of hydrogen-bond donors (Lipinski definition) is 1. The van der Waals surface area contributed by atoms with E-state index in [1.54, 1.807) is 0 Å². The van der Waals surface area contributed by atoms with Crippen molar-refractivity contribution in [2.45, 2.75) is 38.7 Å². The molecule has 0 aromatic heterocycles. The monoisotopic (exact) mass is 206 g/mol. The van der Waals surface area contributed by atoms with Gasteiger partial charge in [-0.2, -0.15) is 0 Å². The molecule has 2 nitrogen and oxygen atoms in total. The van der Waals surface area contributed by atoms with Crippen molar-refractivity contribution in [1.82, 2.24) is 10.2 Å². The molecule has 0 aromatic carbocycles. The standard InChI is InChI=1S/C10H20F2N2/c1-9(2)8-14(7-5-13-9)6-4-10(3,11)12/h13H,4-8H2,1-3H3. The van der Waals surface area contributed by atoms with Gasteiger partial charge in [0.15, 0.2) is 0 Å². The molecule has 0 unspecified atom stereocenters. The van der Waals surface area contributed by atoms with E-state index >= 15 is 0 Å². The fraction of sp³-hybridized carbons (Fsp3) is 1.00. The van der Waals surface area contributed by atoms with E-state index in [4.69, 9.17) is 0 Å². The summed E-state index contributed by atoms with van der Waals surface area (Å²) in [5.41, 5.74) is 0.0568. The molecule has 0 amide bonds. The molecule has 4 heteroatoms. The third-order valence-electron chi connectivity index (χ3n) is 2.52. The molecule has 1 N–H and O–H groups in total. The number of rotatable bonds is 3. The Kier molecular flexibility index (Phi) is 3.48. The lowest BCUT2D eigenvalue weighted by Crippen LogP contribution is -2.57. The Labute approximate surface area is 84.7 Å². The first-order valence-electron chi connectivity index (χ1n) is 5.14.